The first kappa shape index (κ1) is 15.0. The van der Waals surface area contributed by atoms with Crippen molar-refractivity contribution in [3.63, 3.8) is 0 Å². The predicted octanol–water partition coefficient (Wildman–Crippen LogP) is 2.41. The number of hydrogen-bond acceptors (Lipinski definition) is 3. The summed E-state index contributed by atoms with van der Waals surface area (Å²) >= 11 is 0. The standard InChI is InChI=1S/C17H30N4/c1-5-13(2)16-11-21(10-15-8-9-20(4)19-15)17(3,12-18-16)14-6-7-14/h8-9,13-14,16,18H,5-7,10-12H2,1-4H3. The Balaban J connectivity index is 1.76. The Morgan fingerprint density at radius 2 is 2.24 bits per heavy atom. The molecule has 0 spiro atoms. The molecule has 3 unspecified atom stereocenters. The summed E-state index contributed by atoms with van der Waals surface area (Å²) in [6.45, 7) is 10.4. The van der Waals surface area contributed by atoms with Crippen molar-refractivity contribution >= 4 is 0 Å². The molecule has 3 rings (SSSR count). The maximum absolute atomic E-state index is 4.59. The average molecular weight is 290 g/mol. The summed E-state index contributed by atoms with van der Waals surface area (Å²) in [5, 5.41) is 8.43. The highest BCUT2D eigenvalue weighted by Gasteiger charge is 2.48. The Morgan fingerprint density at radius 1 is 1.48 bits per heavy atom. The van der Waals surface area contributed by atoms with Crippen LogP contribution < -0.4 is 5.32 Å². The van der Waals surface area contributed by atoms with Crippen molar-refractivity contribution < 1.29 is 0 Å². The van der Waals surface area contributed by atoms with Gasteiger partial charge in [0, 0.05) is 44.5 Å². The molecule has 0 aromatic carbocycles. The van der Waals surface area contributed by atoms with Crippen LogP contribution in [-0.4, -0.2) is 39.4 Å². The fourth-order valence-electron chi connectivity index (χ4n) is 3.72. The highest BCUT2D eigenvalue weighted by molar-refractivity contribution is 5.08. The molecule has 2 fully saturated rings. The number of hydrogen-bond donors (Lipinski definition) is 1. The summed E-state index contributed by atoms with van der Waals surface area (Å²) in [5.74, 6) is 1.60. The molecular formula is C17H30N4. The molecule has 0 bridgehead atoms. The summed E-state index contributed by atoms with van der Waals surface area (Å²) in [6.07, 6.45) is 6.09. The fourth-order valence-corrected chi connectivity index (χ4v) is 3.72. The van der Waals surface area contributed by atoms with E-state index in [4.69, 9.17) is 0 Å². The van der Waals surface area contributed by atoms with Gasteiger partial charge in [0.25, 0.3) is 0 Å². The lowest BCUT2D eigenvalue weighted by molar-refractivity contribution is 0.0156. The van der Waals surface area contributed by atoms with Gasteiger partial charge in [-0.15, -0.1) is 0 Å². The summed E-state index contributed by atoms with van der Waals surface area (Å²) in [4.78, 5) is 2.71. The molecule has 1 aromatic rings. The molecule has 0 amide bonds. The molecule has 1 N–H and O–H groups in total. The third-order valence-electron chi connectivity index (χ3n) is 5.77. The summed E-state index contributed by atoms with van der Waals surface area (Å²) < 4.78 is 1.91. The molecule has 4 heteroatoms. The highest BCUT2D eigenvalue weighted by Crippen LogP contribution is 2.44. The van der Waals surface area contributed by atoms with E-state index in [0.717, 1.165) is 31.5 Å². The lowest BCUT2D eigenvalue weighted by Crippen LogP contribution is -2.65. The zero-order valence-electron chi connectivity index (χ0n) is 14.0. The number of piperazine rings is 1. The van der Waals surface area contributed by atoms with Crippen LogP contribution in [0.1, 0.15) is 45.7 Å². The van der Waals surface area contributed by atoms with Crippen molar-refractivity contribution in [2.24, 2.45) is 18.9 Å². The Kier molecular flexibility index (Phi) is 4.10. The molecule has 4 nitrogen and oxygen atoms in total. The smallest absolute Gasteiger partial charge is 0.0764 e. The van der Waals surface area contributed by atoms with Crippen LogP contribution >= 0.6 is 0 Å². The summed E-state index contributed by atoms with van der Waals surface area (Å²) in [5.41, 5.74) is 1.51. The zero-order valence-corrected chi connectivity index (χ0v) is 14.0. The van der Waals surface area contributed by atoms with E-state index in [1.54, 1.807) is 0 Å². The van der Waals surface area contributed by atoms with Crippen molar-refractivity contribution in [1.82, 2.24) is 20.0 Å². The number of nitrogens with zero attached hydrogens (tertiary/aromatic N) is 3. The Hall–Kier alpha value is -0.870. The van der Waals surface area contributed by atoms with Crippen LogP contribution in [0.25, 0.3) is 0 Å². The minimum atomic E-state index is 0.307. The first-order valence-corrected chi connectivity index (χ1v) is 8.50. The second kappa shape index (κ2) is 5.73. The molecule has 3 atom stereocenters. The molecule has 1 aromatic heterocycles. The van der Waals surface area contributed by atoms with Gasteiger partial charge in [0.05, 0.1) is 5.69 Å². The first-order valence-electron chi connectivity index (χ1n) is 8.50. The quantitative estimate of drug-likeness (QED) is 0.904. The van der Waals surface area contributed by atoms with Crippen LogP contribution in [0.5, 0.6) is 0 Å². The normalized spacial score (nSPS) is 32.3. The molecule has 1 aliphatic carbocycles. The third-order valence-corrected chi connectivity index (χ3v) is 5.77. The topological polar surface area (TPSA) is 33.1 Å². The zero-order chi connectivity index (χ0) is 15.0. The van der Waals surface area contributed by atoms with Crippen molar-refractivity contribution in [2.75, 3.05) is 13.1 Å². The molecule has 0 radical (unpaired) electrons. The van der Waals surface area contributed by atoms with Gasteiger partial charge in [-0.2, -0.15) is 5.10 Å². The van der Waals surface area contributed by atoms with Gasteiger partial charge in [-0.1, -0.05) is 20.3 Å². The van der Waals surface area contributed by atoms with Gasteiger partial charge in [0.1, 0.15) is 0 Å². The summed E-state index contributed by atoms with van der Waals surface area (Å²) in [7, 11) is 2.00. The predicted molar refractivity (Wildman–Crippen MR) is 86.0 cm³/mol. The molecular weight excluding hydrogens is 260 g/mol. The Bertz CT molecular complexity index is 479. The van der Waals surface area contributed by atoms with Gasteiger partial charge in [-0.05, 0) is 37.7 Å². The second-order valence-electron chi connectivity index (χ2n) is 7.37. The van der Waals surface area contributed by atoms with Crippen molar-refractivity contribution in [3.05, 3.63) is 18.0 Å². The van der Waals surface area contributed by atoms with Gasteiger partial charge in [-0.25, -0.2) is 0 Å². The summed E-state index contributed by atoms with van der Waals surface area (Å²) in [6, 6.07) is 2.78. The second-order valence-corrected chi connectivity index (χ2v) is 7.37. The molecule has 2 heterocycles. The van der Waals surface area contributed by atoms with Crippen LogP contribution in [0.15, 0.2) is 12.3 Å². The largest absolute Gasteiger partial charge is 0.311 e. The lowest BCUT2D eigenvalue weighted by Gasteiger charge is -2.49. The van der Waals surface area contributed by atoms with Crippen LogP contribution in [0.3, 0.4) is 0 Å². The third kappa shape index (κ3) is 3.02. The van der Waals surface area contributed by atoms with E-state index in [9.17, 15) is 0 Å². The van der Waals surface area contributed by atoms with Crippen LogP contribution in [0.2, 0.25) is 0 Å². The SMILES string of the molecule is CCC(C)C1CN(Cc2ccn(C)n2)C(C)(C2CC2)CN1. The van der Waals surface area contributed by atoms with Crippen molar-refractivity contribution in [2.45, 2.75) is 58.2 Å². The maximum atomic E-state index is 4.59. The van der Waals surface area contributed by atoms with E-state index in [1.165, 1.54) is 25.0 Å². The molecule has 118 valence electrons. The van der Waals surface area contributed by atoms with Crippen LogP contribution in [0.4, 0.5) is 0 Å². The van der Waals surface area contributed by atoms with E-state index in [1.807, 2.05) is 11.7 Å². The lowest BCUT2D eigenvalue weighted by atomic mass is 9.86. The van der Waals surface area contributed by atoms with Gasteiger partial charge in [-0.3, -0.25) is 9.58 Å². The van der Waals surface area contributed by atoms with E-state index in [-0.39, 0.29) is 0 Å². The highest BCUT2D eigenvalue weighted by atomic mass is 15.3. The minimum absolute atomic E-state index is 0.307. The van der Waals surface area contributed by atoms with Crippen LogP contribution in [-0.2, 0) is 13.6 Å². The average Bonchev–Trinajstić information content (AvgIpc) is 3.25. The van der Waals surface area contributed by atoms with Gasteiger partial charge in [0.15, 0.2) is 0 Å². The van der Waals surface area contributed by atoms with E-state index >= 15 is 0 Å². The maximum Gasteiger partial charge on any atom is 0.0764 e. The first-order chi connectivity index (χ1) is 10.0. The fraction of sp³-hybridized carbons (Fsp3) is 0.824. The monoisotopic (exact) mass is 290 g/mol. The number of aromatic nitrogens is 2. The van der Waals surface area contributed by atoms with Crippen LogP contribution in [0, 0.1) is 11.8 Å². The minimum Gasteiger partial charge on any atom is -0.311 e. The molecule has 1 saturated heterocycles. The van der Waals surface area contributed by atoms with E-state index in [0.29, 0.717) is 11.6 Å². The van der Waals surface area contributed by atoms with Gasteiger partial charge in [0.2, 0.25) is 0 Å². The molecule has 1 saturated carbocycles. The molecule has 1 aliphatic heterocycles. The Labute approximate surface area is 128 Å². The number of aryl methyl sites for hydroxylation is 1. The number of nitrogens with one attached hydrogen (secondary N) is 1. The van der Waals surface area contributed by atoms with Crippen molar-refractivity contribution in [1.29, 1.82) is 0 Å². The molecule has 2 aliphatic rings. The van der Waals surface area contributed by atoms with Crippen molar-refractivity contribution in [3.8, 4) is 0 Å². The number of rotatable bonds is 5. The van der Waals surface area contributed by atoms with E-state index in [2.05, 4.69) is 48.3 Å². The van der Waals surface area contributed by atoms with E-state index < -0.39 is 0 Å². The molecule has 21 heavy (non-hydrogen) atoms. The Morgan fingerprint density at radius 3 is 2.81 bits per heavy atom. The van der Waals surface area contributed by atoms with Gasteiger partial charge < -0.3 is 5.32 Å². The van der Waals surface area contributed by atoms with Gasteiger partial charge >= 0.3 is 0 Å².